The third-order valence-corrected chi connectivity index (χ3v) is 6.55. The van der Waals surface area contributed by atoms with Gasteiger partial charge in [0.05, 0.1) is 18.8 Å². The topological polar surface area (TPSA) is 102 Å². The van der Waals surface area contributed by atoms with E-state index >= 15 is 0 Å². The molecule has 0 radical (unpaired) electrons. The van der Waals surface area contributed by atoms with Gasteiger partial charge >= 0.3 is 6.03 Å². The molecule has 12 heteroatoms. The zero-order valence-electron chi connectivity index (χ0n) is 17.6. The van der Waals surface area contributed by atoms with Gasteiger partial charge in [-0.1, -0.05) is 35.3 Å². The average Bonchev–Trinajstić information content (AvgIpc) is 3.11. The summed E-state index contributed by atoms with van der Waals surface area (Å²) in [5.41, 5.74) is 3.35. The lowest BCUT2D eigenvalue weighted by Crippen LogP contribution is -2.56. The molecule has 4 heterocycles. The summed E-state index contributed by atoms with van der Waals surface area (Å²) in [6.45, 7) is 4.48. The van der Waals surface area contributed by atoms with Crippen LogP contribution in [0.25, 0.3) is 0 Å². The summed E-state index contributed by atoms with van der Waals surface area (Å²) in [6, 6.07) is 6.97. The van der Waals surface area contributed by atoms with Crippen LogP contribution < -0.4 is 10.2 Å². The third-order valence-electron chi connectivity index (χ3n) is 6.10. The van der Waals surface area contributed by atoms with E-state index in [0.717, 1.165) is 49.5 Å². The predicted octanol–water partition coefficient (Wildman–Crippen LogP) is 1.92. The number of nitrogens with zero attached hydrogens (tertiary/aromatic N) is 6. The first-order chi connectivity index (χ1) is 15.9. The van der Waals surface area contributed by atoms with Crippen LogP contribution >= 0.6 is 23.2 Å². The number of fused-ring (bicyclic) bond motifs is 1. The summed E-state index contributed by atoms with van der Waals surface area (Å²) < 4.78 is 0. The number of hydrazine groups is 1. The maximum absolute atomic E-state index is 12.8. The quantitative estimate of drug-likeness (QED) is 0.699. The SMILES string of the molecule is O=C1CCN(N2Cc3cc(CN4CCN(c5cc(Cl)nnc5Cl)CC4)ccc3C2=O)C(=O)N1. The monoisotopic (exact) mass is 489 g/mol. The minimum atomic E-state index is -0.559. The lowest BCUT2D eigenvalue weighted by Gasteiger charge is -2.36. The average molecular weight is 490 g/mol. The van der Waals surface area contributed by atoms with E-state index in [1.807, 2.05) is 18.2 Å². The molecule has 3 aliphatic heterocycles. The van der Waals surface area contributed by atoms with E-state index in [-0.39, 0.29) is 24.8 Å². The molecule has 0 unspecified atom stereocenters. The van der Waals surface area contributed by atoms with Crippen LogP contribution in [0.1, 0.15) is 27.9 Å². The van der Waals surface area contributed by atoms with E-state index in [1.54, 1.807) is 6.07 Å². The van der Waals surface area contributed by atoms with Gasteiger partial charge in [0, 0.05) is 50.8 Å². The minimum absolute atomic E-state index is 0.177. The molecule has 2 aromatic rings. The van der Waals surface area contributed by atoms with Crippen LogP contribution in [-0.4, -0.2) is 75.7 Å². The van der Waals surface area contributed by atoms with E-state index in [1.165, 1.54) is 10.0 Å². The number of benzene rings is 1. The number of imide groups is 1. The second-order valence-electron chi connectivity index (χ2n) is 8.19. The van der Waals surface area contributed by atoms with Gasteiger partial charge in [-0.2, -0.15) is 0 Å². The van der Waals surface area contributed by atoms with Crippen LogP contribution in [0.15, 0.2) is 24.3 Å². The Morgan fingerprint density at radius 2 is 1.73 bits per heavy atom. The van der Waals surface area contributed by atoms with Crippen LogP contribution in [0.4, 0.5) is 10.5 Å². The molecule has 0 bridgehead atoms. The zero-order valence-corrected chi connectivity index (χ0v) is 19.1. The Bertz CT molecular complexity index is 1140. The molecule has 2 fully saturated rings. The van der Waals surface area contributed by atoms with Gasteiger partial charge in [0.25, 0.3) is 5.91 Å². The molecule has 1 N–H and O–H groups in total. The largest absolute Gasteiger partial charge is 0.366 e. The molecule has 2 saturated heterocycles. The number of urea groups is 1. The Morgan fingerprint density at radius 1 is 0.939 bits per heavy atom. The first-order valence-corrected chi connectivity index (χ1v) is 11.4. The molecule has 1 aromatic heterocycles. The number of hydrogen-bond acceptors (Lipinski definition) is 7. The standard InChI is InChI=1S/C21H21Cl2N7O3/c22-17-10-16(19(23)26-25-17)28-7-5-27(6-8-28)11-13-1-2-15-14(9-13)12-30(20(15)32)29-4-3-18(31)24-21(29)33/h1-2,9-10H,3-8,11-12H2,(H,24,31,33). The number of anilines is 1. The predicted molar refractivity (Wildman–Crippen MR) is 121 cm³/mol. The summed E-state index contributed by atoms with van der Waals surface area (Å²) in [4.78, 5) is 40.9. The number of carbonyl (C=O) groups is 3. The molecule has 0 saturated carbocycles. The second-order valence-corrected chi connectivity index (χ2v) is 8.93. The van der Waals surface area contributed by atoms with Crippen LogP contribution in [0.2, 0.25) is 10.3 Å². The molecule has 1 aromatic carbocycles. The van der Waals surface area contributed by atoms with Gasteiger partial charge in [-0.05, 0) is 17.2 Å². The van der Waals surface area contributed by atoms with Crippen molar-refractivity contribution in [1.29, 1.82) is 0 Å². The molecule has 4 amide bonds. The fraction of sp³-hybridized carbons (Fsp3) is 0.381. The Labute approximate surface area is 200 Å². The fourth-order valence-corrected chi connectivity index (χ4v) is 4.76. The smallest absolute Gasteiger partial charge is 0.342 e. The van der Waals surface area contributed by atoms with Crippen molar-refractivity contribution in [3.63, 3.8) is 0 Å². The Balaban J connectivity index is 1.22. The van der Waals surface area contributed by atoms with Crippen LogP contribution in [0.3, 0.4) is 0 Å². The van der Waals surface area contributed by atoms with Gasteiger partial charge < -0.3 is 4.90 Å². The summed E-state index contributed by atoms with van der Waals surface area (Å²) in [6.07, 6.45) is 0.177. The van der Waals surface area contributed by atoms with E-state index in [4.69, 9.17) is 23.2 Å². The molecule has 10 nitrogen and oxygen atoms in total. The van der Waals surface area contributed by atoms with E-state index < -0.39 is 6.03 Å². The van der Waals surface area contributed by atoms with Crippen molar-refractivity contribution in [2.24, 2.45) is 0 Å². The van der Waals surface area contributed by atoms with Crippen LogP contribution in [0.5, 0.6) is 0 Å². The number of amides is 4. The molecule has 3 aliphatic rings. The summed E-state index contributed by atoms with van der Waals surface area (Å²) in [5.74, 6) is -0.551. The van der Waals surface area contributed by atoms with Crippen molar-refractivity contribution < 1.29 is 14.4 Å². The number of hydrogen-bond donors (Lipinski definition) is 1. The third kappa shape index (κ3) is 4.33. The van der Waals surface area contributed by atoms with Gasteiger partial charge in [0.2, 0.25) is 5.91 Å². The number of halogens is 2. The van der Waals surface area contributed by atoms with E-state index in [2.05, 4.69) is 25.3 Å². The zero-order chi connectivity index (χ0) is 23.1. The normalized spacial score (nSPS) is 19.2. The van der Waals surface area contributed by atoms with Crippen molar-refractivity contribution in [2.75, 3.05) is 37.6 Å². The lowest BCUT2D eigenvalue weighted by molar-refractivity contribution is -0.123. The van der Waals surface area contributed by atoms with Crippen molar-refractivity contribution in [3.8, 4) is 0 Å². The Morgan fingerprint density at radius 3 is 2.48 bits per heavy atom. The van der Waals surface area contributed by atoms with Crippen LogP contribution in [0, 0.1) is 0 Å². The van der Waals surface area contributed by atoms with Gasteiger partial charge in [-0.3, -0.25) is 19.8 Å². The van der Waals surface area contributed by atoms with Crippen molar-refractivity contribution in [3.05, 3.63) is 51.3 Å². The highest BCUT2D eigenvalue weighted by molar-refractivity contribution is 6.33. The Hall–Kier alpha value is -2.95. The van der Waals surface area contributed by atoms with Crippen molar-refractivity contribution >= 4 is 46.7 Å². The maximum Gasteiger partial charge on any atom is 0.342 e. The molecule has 5 rings (SSSR count). The number of piperazine rings is 1. The molecular weight excluding hydrogens is 469 g/mol. The summed E-state index contributed by atoms with van der Waals surface area (Å²) in [7, 11) is 0. The number of aromatic nitrogens is 2. The molecule has 0 aliphatic carbocycles. The number of nitrogens with one attached hydrogen (secondary N) is 1. The molecular formula is C21H21Cl2N7O3. The Kier molecular flexibility index (Phi) is 5.81. The number of rotatable bonds is 4. The fourth-order valence-electron chi connectivity index (χ4n) is 4.41. The second kappa shape index (κ2) is 8.77. The summed E-state index contributed by atoms with van der Waals surface area (Å²) >= 11 is 12.1. The minimum Gasteiger partial charge on any atom is -0.366 e. The first-order valence-electron chi connectivity index (χ1n) is 10.6. The van der Waals surface area contributed by atoms with E-state index in [9.17, 15) is 14.4 Å². The highest BCUT2D eigenvalue weighted by Gasteiger charge is 2.37. The van der Waals surface area contributed by atoms with Crippen LogP contribution in [-0.2, 0) is 17.9 Å². The first kappa shape index (κ1) is 21.9. The van der Waals surface area contributed by atoms with Gasteiger partial charge in [0.15, 0.2) is 10.3 Å². The molecule has 0 atom stereocenters. The van der Waals surface area contributed by atoms with Crippen molar-refractivity contribution in [2.45, 2.75) is 19.5 Å². The molecule has 172 valence electrons. The lowest BCUT2D eigenvalue weighted by atomic mass is 10.1. The van der Waals surface area contributed by atoms with Gasteiger partial charge in [0.1, 0.15) is 0 Å². The van der Waals surface area contributed by atoms with E-state index in [0.29, 0.717) is 22.4 Å². The van der Waals surface area contributed by atoms with Gasteiger partial charge in [-0.25, -0.2) is 14.8 Å². The summed E-state index contributed by atoms with van der Waals surface area (Å²) in [5, 5.41) is 13.3. The van der Waals surface area contributed by atoms with Crippen molar-refractivity contribution in [1.82, 2.24) is 30.4 Å². The highest BCUT2D eigenvalue weighted by Crippen LogP contribution is 2.28. The molecule has 0 spiro atoms. The van der Waals surface area contributed by atoms with Gasteiger partial charge in [-0.15, -0.1) is 10.2 Å². The molecule has 33 heavy (non-hydrogen) atoms. The number of carbonyl (C=O) groups excluding carboxylic acids is 3. The maximum atomic E-state index is 12.8. The highest BCUT2D eigenvalue weighted by atomic mass is 35.5.